The fourth-order valence-electron chi connectivity index (χ4n) is 5.90. The summed E-state index contributed by atoms with van der Waals surface area (Å²) in [6.45, 7) is 4.00. The van der Waals surface area contributed by atoms with E-state index in [0.717, 1.165) is 57.7 Å². The number of esters is 1. The molecule has 52 heavy (non-hydrogen) atoms. The molecule has 1 aliphatic carbocycles. The molecule has 1 atom stereocenters. The Kier molecular flexibility index (Phi) is 12.0. The fourth-order valence-corrected chi connectivity index (χ4v) is 8.27. The van der Waals surface area contributed by atoms with E-state index in [0.29, 0.717) is 21.8 Å². The second-order valence-corrected chi connectivity index (χ2v) is 14.6. The second kappa shape index (κ2) is 17.2. The van der Waals surface area contributed by atoms with Crippen LogP contribution in [0.1, 0.15) is 72.9 Å². The number of ether oxygens (including phenoxy) is 1. The molecule has 4 aromatic carbocycles. The van der Waals surface area contributed by atoms with Crippen molar-refractivity contribution in [3.8, 4) is 0 Å². The Hall–Kier alpha value is -5.45. The number of carbonyl (C=O) groups excluding carboxylic acids is 4. The van der Waals surface area contributed by atoms with Crippen molar-refractivity contribution in [1.29, 1.82) is 0 Å². The number of rotatable bonds is 12. The summed E-state index contributed by atoms with van der Waals surface area (Å²) in [7, 11) is 0. The van der Waals surface area contributed by atoms with E-state index < -0.39 is 23.0 Å². The van der Waals surface area contributed by atoms with Gasteiger partial charge in [-0.1, -0.05) is 84.4 Å². The number of amides is 3. The lowest BCUT2D eigenvalue weighted by molar-refractivity contribution is -0.116. The minimum absolute atomic E-state index is 0.0772. The molecule has 0 aliphatic heterocycles. The molecule has 0 saturated heterocycles. The van der Waals surface area contributed by atoms with Gasteiger partial charge in [-0.25, -0.2) is 4.79 Å². The zero-order valence-electron chi connectivity index (χ0n) is 28.9. The van der Waals surface area contributed by atoms with Crippen LogP contribution in [0.25, 0.3) is 6.08 Å². The van der Waals surface area contributed by atoms with Crippen LogP contribution in [0, 0.1) is 6.92 Å². The van der Waals surface area contributed by atoms with Gasteiger partial charge in [0.1, 0.15) is 15.9 Å². The lowest BCUT2D eigenvalue weighted by Gasteiger charge is -2.18. The molecular weight excluding hydrogens is 691 g/mol. The Morgan fingerprint density at radius 1 is 0.846 bits per heavy atom. The number of thiophene rings is 1. The van der Waals surface area contributed by atoms with E-state index >= 15 is 0 Å². The molecule has 5 aromatic rings. The smallest absolute Gasteiger partial charge is 0.341 e. The molecule has 1 unspecified atom stereocenters. The maximum Gasteiger partial charge on any atom is 0.341 e. The number of carbonyl (C=O) groups is 4. The first-order chi connectivity index (χ1) is 25.3. The van der Waals surface area contributed by atoms with E-state index in [4.69, 9.17) is 4.74 Å². The van der Waals surface area contributed by atoms with Crippen LogP contribution in [0.5, 0.6) is 0 Å². The van der Waals surface area contributed by atoms with Gasteiger partial charge in [-0.3, -0.25) is 14.4 Å². The van der Waals surface area contributed by atoms with E-state index in [2.05, 4.69) is 16.0 Å². The highest BCUT2D eigenvalue weighted by molar-refractivity contribution is 8.00. The third-order valence-corrected chi connectivity index (χ3v) is 10.9. The van der Waals surface area contributed by atoms with Gasteiger partial charge in [-0.2, -0.15) is 0 Å². The number of hydrogen-bond donors (Lipinski definition) is 3. The first kappa shape index (κ1) is 36.3. The van der Waals surface area contributed by atoms with Gasteiger partial charge in [-0.05, 0) is 92.6 Å². The van der Waals surface area contributed by atoms with E-state index in [9.17, 15) is 19.2 Å². The van der Waals surface area contributed by atoms with Crippen LogP contribution < -0.4 is 16.0 Å². The molecular formula is C42H39N3O5S2. The number of benzene rings is 4. The predicted molar refractivity (Wildman–Crippen MR) is 209 cm³/mol. The lowest BCUT2D eigenvalue weighted by Crippen LogP contribution is -2.30. The standard InChI is InChI=1S/C42H39N3O5S2/c1-3-50-42(49)36-33-19-10-11-20-35(33)52-41(36)45-40(48)37(29-13-6-4-7-14-29)51-32-18-12-17-31(26-32)43-39(47)34(25-28-23-21-27(2)22-24-28)44-38(46)30-15-8-5-9-16-30/h4-9,12-18,21-26,37H,3,10-11,19-20H2,1-2H3,(H,43,47)(H,44,46)(H,45,48)/b34-25+. The van der Waals surface area contributed by atoms with Gasteiger partial charge in [0.05, 0.1) is 12.2 Å². The number of anilines is 2. The second-order valence-electron chi connectivity index (χ2n) is 12.3. The molecule has 1 aliphatic rings. The minimum atomic E-state index is -0.677. The molecule has 1 aromatic heterocycles. The topological polar surface area (TPSA) is 114 Å². The van der Waals surface area contributed by atoms with Crippen LogP contribution in [-0.4, -0.2) is 30.3 Å². The summed E-state index contributed by atoms with van der Waals surface area (Å²) in [5.41, 5.74) is 5.04. The Morgan fingerprint density at radius 2 is 1.56 bits per heavy atom. The third kappa shape index (κ3) is 9.06. The minimum Gasteiger partial charge on any atom is -0.462 e. The van der Waals surface area contributed by atoms with Gasteiger partial charge < -0.3 is 20.7 Å². The molecule has 1 heterocycles. The summed E-state index contributed by atoms with van der Waals surface area (Å²) in [5, 5.41) is 8.63. The van der Waals surface area contributed by atoms with Crippen LogP contribution in [0.15, 0.2) is 120 Å². The predicted octanol–water partition coefficient (Wildman–Crippen LogP) is 8.99. The van der Waals surface area contributed by atoms with Crippen LogP contribution in [0.4, 0.5) is 10.7 Å². The summed E-state index contributed by atoms with van der Waals surface area (Å²) in [6, 6.07) is 33.0. The van der Waals surface area contributed by atoms with Gasteiger partial charge in [0.25, 0.3) is 11.8 Å². The van der Waals surface area contributed by atoms with Crippen LogP contribution in [0.2, 0.25) is 0 Å². The summed E-state index contributed by atoms with van der Waals surface area (Å²) in [5.74, 6) is -1.60. The fraction of sp³-hybridized carbons (Fsp3) is 0.190. The van der Waals surface area contributed by atoms with Crippen molar-refractivity contribution in [3.05, 3.63) is 153 Å². The van der Waals surface area contributed by atoms with Gasteiger partial charge in [0.2, 0.25) is 5.91 Å². The van der Waals surface area contributed by atoms with Crippen molar-refractivity contribution in [2.45, 2.75) is 49.7 Å². The average molecular weight is 730 g/mol. The molecule has 6 rings (SSSR count). The average Bonchev–Trinajstić information content (AvgIpc) is 3.53. The Bertz CT molecular complexity index is 2090. The number of fused-ring (bicyclic) bond motifs is 1. The quantitative estimate of drug-likeness (QED) is 0.0672. The van der Waals surface area contributed by atoms with E-state index in [1.54, 1.807) is 55.5 Å². The van der Waals surface area contributed by atoms with Gasteiger partial charge in [-0.15, -0.1) is 23.1 Å². The lowest BCUT2D eigenvalue weighted by atomic mass is 9.95. The zero-order valence-corrected chi connectivity index (χ0v) is 30.6. The van der Waals surface area contributed by atoms with Crippen molar-refractivity contribution >= 4 is 63.6 Å². The molecule has 0 bridgehead atoms. The van der Waals surface area contributed by atoms with Crippen molar-refractivity contribution in [2.75, 3.05) is 17.2 Å². The van der Waals surface area contributed by atoms with Crippen molar-refractivity contribution in [2.24, 2.45) is 0 Å². The number of nitrogens with one attached hydrogen (secondary N) is 3. The molecule has 3 N–H and O–H groups in total. The van der Waals surface area contributed by atoms with Gasteiger partial charge in [0.15, 0.2) is 0 Å². The molecule has 8 nitrogen and oxygen atoms in total. The molecule has 0 saturated carbocycles. The highest BCUT2D eigenvalue weighted by atomic mass is 32.2. The summed E-state index contributed by atoms with van der Waals surface area (Å²) in [6.07, 6.45) is 5.32. The monoisotopic (exact) mass is 729 g/mol. The third-order valence-electron chi connectivity index (χ3n) is 8.49. The van der Waals surface area contributed by atoms with Crippen molar-refractivity contribution in [1.82, 2.24) is 5.32 Å². The number of hydrogen-bond acceptors (Lipinski definition) is 7. The van der Waals surface area contributed by atoms with Gasteiger partial charge >= 0.3 is 5.97 Å². The Morgan fingerprint density at radius 3 is 2.29 bits per heavy atom. The normalized spacial score (nSPS) is 13.0. The van der Waals surface area contributed by atoms with Crippen LogP contribution in [-0.2, 0) is 27.2 Å². The molecule has 3 amide bonds. The number of thioether (sulfide) groups is 1. The summed E-state index contributed by atoms with van der Waals surface area (Å²) in [4.78, 5) is 55.9. The van der Waals surface area contributed by atoms with E-state index in [1.165, 1.54) is 23.1 Å². The first-order valence-electron chi connectivity index (χ1n) is 17.2. The maximum atomic E-state index is 14.1. The SMILES string of the molecule is CCOC(=O)c1c(NC(=O)C(Sc2cccc(NC(=O)/C(=C\c3ccc(C)cc3)NC(=O)c3ccccc3)c2)c2ccccc2)sc2c1CCCC2. The first-order valence-corrected chi connectivity index (χ1v) is 18.9. The Balaban J connectivity index is 1.24. The molecule has 10 heteroatoms. The molecule has 264 valence electrons. The van der Waals surface area contributed by atoms with Gasteiger partial charge in [0, 0.05) is 21.0 Å². The largest absolute Gasteiger partial charge is 0.462 e. The summed E-state index contributed by atoms with van der Waals surface area (Å²) >= 11 is 2.79. The summed E-state index contributed by atoms with van der Waals surface area (Å²) < 4.78 is 5.41. The molecule has 0 radical (unpaired) electrons. The van der Waals surface area contributed by atoms with Crippen molar-refractivity contribution < 1.29 is 23.9 Å². The number of aryl methyl sites for hydroxylation is 2. The highest BCUT2D eigenvalue weighted by Gasteiger charge is 2.30. The van der Waals surface area contributed by atoms with Crippen LogP contribution in [0.3, 0.4) is 0 Å². The zero-order chi connectivity index (χ0) is 36.5. The molecule has 0 fully saturated rings. The van der Waals surface area contributed by atoms with Crippen molar-refractivity contribution in [3.63, 3.8) is 0 Å². The maximum absolute atomic E-state index is 14.1. The highest BCUT2D eigenvalue weighted by Crippen LogP contribution is 2.41. The van der Waals surface area contributed by atoms with Crippen LogP contribution >= 0.6 is 23.1 Å². The Labute approximate surface area is 311 Å². The van der Waals surface area contributed by atoms with E-state index in [-0.39, 0.29) is 18.2 Å². The van der Waals surface area contributed by atoms with E-state index in [1.807, 2.05) is 73.7 Å². The molecule has 0 spiro atoms.